The van der Waals surface area contributed by atoms with E-state index in [0.29, 0.717) is 0 Å². The molecule has 0 radical (unpaired) electrons. The molecule has 0 bridgehead atoms. The van der Waals surface area contributed by atoms with E-state index in [9.17, 15) is 22.8 Å². The predicted octanol–water partition coefficient (Wildman–Crippen LogP) is 4.13. The van der Waals surface area contributed by atoms with Crippen molar-refractivity contribution in [1.29, 1.82) is 0 Å². The van der Waals surface area contributed by atoms with Crippen LogP contribution in [-0.2, 0) is 11.0 Å². The Morgan fingerprint density at radius 2 is 1.65 bits per heavy atom. The third-order valence-electron chi connectivity index (χ3n) is 2.98. The van der Waals surface area contributed by atoms with Gasteiger partial charge >= 0.3 is 6.18 Å². The van der Waals surface area contributed by atoms with Crippen molar-refractivity contribution in [3.63, 3.8) is 0 Å². The molecule has 2 rings (SSSR count). The highest BCUT2D eigenvalue weighted by Gasteiger charge is 2.31. The first-order chi connectivity index (χ1) is 10.8. The lowest BCUT2D eigenvalue weighted by atomic mass is 10.1. The summed E-state index contributed by atoms with van der Waals surface area (Å²) in [6.07, 6.45) is -4.53. The van der Waals surface area contributed by atoms with Gasteiger partial charge in [0.15, 0.2) is 11.2 Å². The van der Waals surface area contributed by atoms with Crippen LogP contribution in [0.4, 0.5) is 18.9 Å². The van der Waals surface area contributed by atoms with E-state index in [0.717, 1.165) is 18.2 Å². The first kappa shape index (κ1) is 17.0. The molecule has 0 unspecified atom stereocenters. The fraction of sp³-hybridized carbons (Fsp3) is 0.125. The van der Waals surface area contributed by atoms with Crippen LogP contribution < -0.4 is 5.32 Å². The summed E-state index contributed by atoms with van der Waals surface area (Å²) in [5.41, 5.74) is -0.751. The van der Waals surface area contributed by atoms with Crippen molar-refractivity contribution in [2.24, 2.45) is 0 Å². The largest absolute Gasteiger partial charge is 0.416 e. The maximum absolute atomic E-state index is 12.6. The molecule has 1 N–H and O–H groups in total. The number of anilines is 1. The van der Waals surface area contributed by atoms with Crippen LogP contribution in [0.15, 0.2) is 54.6 Å². The number of carbonyl (C=O) groups is 2. The number of ketones is 1. The maximum atomic E-state index is 12.6. The molecule has 3 nitrogen and oxygen atoms in total. The Kier molecular flexibility index (Phi) is 5.05. The van der Waals surface area contributed by atoms with Gasteiger partial charge in [0.05, 0.1) is 5.56 Å². The fourth-order valence-electron chi connectivity index (χ4n) is 1.85. The molecule has 120 valence electrons. The molecule has 0 aliphatic heterocycles. The average molecular weight is 342 g/mol. The third-order valence-corrected chi connectivity index (χ3v) is 3.37. The second-order valence-electron chi connectivity index (χ2n) is 4.66. The fourth-order valence-corrected chi connectivity index (χ4v) is 2.03. The second-order valence-corrected chi connectivity index (χ2v) is 5.10. The van der Waals surface area contributed by atoms with E-state index in [4.69, 9.17) is 11.6 Å². The molecular formula is C16H11ClF3NO2. The monoisotopic (exact) mass is 341 g/mol. The number of halogens is 4. The summed E-state index contributed by atoms with van der Waals surface area (Å²) in [6, 6.07) is 12.0. The standard InChI is InChI=1S/C16H11ClF3NO2/c17-13(14(22)10-5-2-1-3-6-10)15(23)21-12-8-4-7-11(9-12)16(18,19)20/h1-9,13H,(H,21,23)/t13-/m0/s1. The Morgan fingerprint density at radius 1 is 1.00 bits per heavy atom. The van der Waals surface area contributed by atoms with Crippen LogP contribution in [0.2, 0.25) is 0 Å². The summed E-state index contributed by atoms with van der Waals surface area (Å²) in [6.45, 7) is 0. The molecule has 0 saturated carbocycles. The van der Waals surface area contributed by atoms with Gasteiger partial charge in [-0.25, -0.2) is 0 Å². The van der Waals surface area contributed by atoms with E-state index in [-0.39, 0.29) is 11.3 Å². The smallest absolute Gasteiger partial charge is 0.324 e. The molecular weight excluding hydrogens is 331 g/mol. The molecule has 0 spiro atoms. The zero-order valence-corrected chi connectivity index (χ0v) is 12.4. The van der Waals surface area contributed by atoms with Gasteiger partial charge in [0.25, 0.3) is 0 Å². The lowest BCUT2D eigenvalue weighted by molar-refractivity contribution is -0.137. The minimum atomic E-state index is -4.53. The number of hydrogen-bond acceptors (Lipinski definition) is 2. The van der Waals surface area contributed by atoms with Gasteiger partial charge in [-0.1, -0.05) is 36.4 Å². The van der Waals surface area contributed by atoms with Gasteiger partial charge in [0.2, 0.25) is 5.91 Å². The van der Waals surface area contributed by atoms with Crippen molar-refractivity contribution in [3.8, 4) is 0 Å². The number of benzene rings is 2. The third kappa shape index (κ3) is 4.32. The number of Topliss-reactive ketones (excluding diaryl/α,β-unsaturated/α-hetero) is 1. The topological polar surface area (TPSA) is 46.2 Å². The molecule has 23 heavy (non-hydrogen) atoms. The van der Waals surface area contributed by atoms with E-state index in [1.807, 2.05) is 0 Å². The van der Waals surface area contributed by atoms with Crippen molar-refractivity contribution in [3.05, 3.63) is 65.7 Å². The molecule has 1 atom stereocenters. The molecule has 0 aliphatic carbocycles. The van der Waals surface area contributed by atoms with Crippen LogP contribution in [0.5, 0.6) is 0 Å². The Balaban J connectivity index is 2.11. The Labute approximate surface area is 135 Å². The van der Waals surface area contributed by atoms with Crippen LogP contribution in [-0.4, -0.2) is 17.1 Å². The minimum absolute atomic E-state index is 0.0867. The summed E-state index contributed by atoms with van der Waals surface area (Å²) >= 11 is 5.81. The Morgan fingerprint density at radius 3 is 2.26 bits per heavy atom. The molecule has 1 amide bonds. The van der Waals surface area contributed by atoms with Gasteiger partial charge in [-0.3, -0.25) is 9.59 Å². The number of amides is 1. The van der Waals surface area contributed by atoms with Crippen LogP contribution in [0, 0.1) is 0 Å². The Hall–Kier alpha value is -2.34. The van der Waals surface area contributed by atoms with Crippen LogP contribution in [0.3, 0.4) is 0 Å². The first-order valence-electron chi connectivity index (χ1n) is 6.50. The van der Waals surface area contributed by atoms with Gasteiger partial charge in [-0.2, -0.15) is 13.2 Å². The van der Waals surface area contributed by atoms with Crippen LogP contribution >= 0.6 is 11.6 Å². The molecule has 0 aliphatic rings. The summed E-state index contributed by atoms with van der Waals surface area (Å²) in [4.78, 5) is 24.0. The molecule has 2 aromatic rings. The van der Waals surface area contributed by atoms with E-state index in [1.165, 1.54) is 18.2 Å². The highest BCUT2D eigenvalue weighted by atomic mass is 35.5. The normalized spacial score (nSPS) is 12.5. The summed E-state index contributed by atoms with van der Waals surface area (Å²) < 4.78 is 37.9. The minimum Gasteiger partial charge on any atom is -0.324 e. The second kappa shape index (κ2) is 6.83. The first-order valence-corrected chi connectivity index (χ1v) is 6.94. The average Bonchev–Trinajstić information content (AvgIpc) is 2.53. The zero-order chi connectivity index (χ0) is 17.0. The van der Waals surface area contributed by atoms with Crippen molar-refractivity contribution < 1.29 is 22.8 Å². The van der Waals surface area contributed by atoms with E-state index in [2.05, 4.69) is 5.32 Å². The number of rotatable bonds is 4. The molecule has 2 aromatic carbocycles. The number of nitrogens with one attached hydrogen (secondary N) is 1. The van der Waals surface area contributed by atoms with Crippen molar-refractivity contribution >= 4 is 29.0 Å². The van der Waals surface area contributed by atoms with E-state index >= 15 is 0 Å². The molecule has 0 saturated heterocycles. The molecule has 0 aromatic heterocycles. The van der Waals surface area contributed by atoms with Crippen molar-refractivity contribution in [2.75, 3.05) is 5.32 Å². The summed E-state index contributed by atoms with van der Waals surface area (Å²) in [5, 5.41) is 0.678. The predicted molar refractivity (Wildman–Crippen MR) is 80.5 cm³/mol. The van der Waals surface area contributed by atoms with Crippen LogP contribution in [0.25, 0.3) is 0 Å². The van der Waals surface area contributed by atoms with Gasteiger partial charge in [-0.15, -0.1) is 11.6 Å². The summed E-state index contributed by atoms with van der Waals surface area (Å²) in [5.74, 6) is -1.52. The van der Waals surface area contributed by atoms with E-state index < -0.39 is 28.8 Å². The molecule has 0 heterocycles. The number of alkyl halides is 4. The molecule has 0 fully saturated rings. The van der Waals surface area contributed by atoms with Gasteiger partial charge in [0, 0.05) is 11.3 Å². The van der Waals surface area contributed by atoms with Gasteiger partial charge < -0.3 is 5.32 Å². The number of carbonyl (C=O) groups excluding carboxylic acids is 2. The maximum Gasteiger partial charge on any atom is 0.416 e. The van der Waals surface area contributed by atoms with Crippen LogP contribution in [0.1, 0.15) is 15.9 Å². The van der Waals surface area contributed by atoms with Gasteiger partial charge in [0.1, 0.15) is 0 Å². The highest BCUT2D eigenvalue weighted by Crippen LogP contribution is 2.30. The highest BCUT2D eigenvalue weighted by molar-refractivity contribution is 6.45. The summed E-state index contributed by atoms with van der Waals surface area (Å²) in [7, 11) is 0. The molecule has 7 heteroatoms. The van der Waals surface area contributed by atoms with Crippen molar-refractivity contribution in [1.82, 2.24) is 0 Å². The quantitative estimate of drug-likeness (QED) is 0.516. The van der Waals surface area contributed by atoms with E-state index in [1.54, 1.807) is 18.2 Å². The van der Waals surface area contributed by atoms with Gasteiger partial charge in [-0.05, 0) is 18.2 Å². The lowest BCUT2D eigenvalue weighted by Crippen LogP contribution is -2.30. The lowest BCUT2D eigenvalue weighted by Gasteiger charge is -2.12. The van der Waals surface area contributed by atoms with Crippen molar-refractivity contribution in [2.45, 2.75) is 11.6 Å². The zero-order valence-electron chi connectivity index (χ0n) is 11.6. The Bertz CT molecular complexity index is 717. The number of hydrogen-bond donors (Lipinski definition) is 1. The SMILES string of the molecule is O=C(Nc1cccc(C(F)(F)F)c1)[C@@H](Cl)C(=O)c1ccccc1.